The highest BCUT2D eigenvalue weighted by molar-refractivity contribution is 5.77. The predicted octanol–water partition coefficient (Wildman–Crippen LogP) is 1.60. The van der Waals surface area contributed by atoms with Gasteiger partial charge in [-0.05, 0) is 36.0 Å². The molecular weight excluding hydrogens is 310 g/mol. The Morgan fingerprint density at radius 2 is 2.12 bits per heavy atom. The molecule has 1 aromatic rings. The lowest BCUT2D eigenvalue weighted by molar-refractivity contribution is -0.138. The molecule has 1 aromatic carbocycles. The molecule has 6 heteroatoms. The minimum Gasteiger partial charge on any atom is -0.454 e. The second kappa shape index (κ2) is 7.40. The van der Waals surface area contributed by atoms with E-state index in [2.05, 4.69) is 13.0 Å². The molecule has 2 heterocycles. The molecule has 0 saturated carbocycles. The van der Waals surface area contributed by atoms with E-state index in [-0.39, 0.29) is 24.7 Å². The smallest absolute Gasteiger partial charge is 0.231 e. The standard InChI is InChI=1S/C18H25NO5/c1-18(11-14-2-3-15-16(10-14)24-13-23-15)5-4-17(21)19(12-18)6-8-22-9-7-20/h2-3,10,20H,4-9,11-13H2,1H3/t18-/m1/s1. The number of fused-ring (bicyclic) bond motifs is 1. The van der Waals surface area contributed by atoms with Gasteiger partial charge in [-0.1, -0.05) is 13.0 Å². The van der Waals surface area contributed by atoms with E-state index in [0.29, 0.717) is 26.2 Å². The number of nitrogens with zero attached hydrogens (tertiary/aromatic N) is 1. The summed E-state index contributed by atoms with van der Waals surface area (Å²) >= 11 is 0. The molecule has 24 heavy (non-hydrogen) atoms. The van der Waals surface area contributed by atoms with Crippen molar-refractivity contribution < 1.29 is 24.1 Å². The van der Waals surface area contributed by atoms with E-state index >= 15 is 0 Å². The fourth-order valence-electron chi connectivity index (χ4n) is 3.43. The first-order valence-electron chi connectivity index (χ1n) is 8.45. The summed E-state index contributed by atoms with van der Waals surface area (Å²) in [4.78, 5) is 14.0. The lowest BCUT2D eigenvalue weighted by Gasteiger charge is -2.40. The second-order valence-corrected chi connectivity index (χ2v) is 6.83. The highest BCUT2D eigenvalue weighted by Gasteiger charge is 2.35. The van der Waals surface area contributed by atoms with Crippen molar-refractivity contribution in [1.29, 1.82) is 0 Å². The van der Waals surface area contributed by atoms with Crippen molar-refractivity contribution in [3.05, 3.63) is 23.8 Å². The van der Waals surface area contributed by atoms with Crippen LogP contribution in [0.25, 0.3) is 0 Å². The van der Waals surface area contributed by atoms with Crippen molar-refractivity contribution in [3.63, 3.8) is 0 Å². The van der Waals surface area contributed by atoms with Crippen LogP contribution < -0.4 is 9.47 Å². The number of aliphatic hydroxyl groups is 1. The van der Waals surface area contributed by atoms with Gasteiger partial charge in [0, 0.05) is 19.5 Å². The van der Waals surface area contributed by atoms with E-state index in [1.54, 1.807) is 0 Å². The Morgan fingerprint density at radius 1 is 1.29 bits per heavy atom. The van der Waals surface area contributed by atoms with E-state index < -0.39 is 0 Å². The number of hydrogen-bond acceptors (Lipinski definition) is 5. The Morgan fingerprint density at radius 3 is 2.96 bits per heavy atom. The molecule has 6 nitrogen and oxygen atoms in total. The van der Waals surface area contributed by atoms with Crippen molar-refractivity contribution in [3.8, 4) is 11.5 Å². The summed E-state index contributed by atoms with van der Waals surface area (Å²) in [5, 5.41) is 8.74. The number of likely N-dealkylation sites (tertiary alicyclic amines) is 1. The Balaban J connectivity index is 1.60. The first-order valence-corrected chi connectivity index (χ1v) is 8.45. The third-order valence-corrected chi connectivity index (χ3v) is 4.68. The average Bonchev–Trinajstić information content (AvgIpc) is 3.02. The van der Waals surface area contributed by atoms with Gasteiger partial charge < -0.3 is 24.2 Å². The zero-order valence-electron chi connectivity index (χ0n) is 14.1. The van der Waals surface area contributed by atoms with E-state index in [4.69, 9.17) is 19.3 Å². The van der Waals surface area contributed by atoms with E-state index in [1.807, 2.05) is 17.0 Å². The predicted molar refractivity (Wildman–Crippen MR) is 88.1 cm³/mol. The summed E-state index contributed by atoms with van der Waals surface area (Å²) in [5.41, 5.74) is 1.24. The highest BCUT2D eigenvalue weighted by Crippen LogP contribution is 2.37. The molecule has 1 amide bonds. The third kappa shape index (κ3) is 3.99. The van der Waals surface area contributed by atoms with Crippen LogP contribution in [0.2, 0.25) is 0 Å². The summed E-state index contributed by atoms with van der Waals surface area (Å²) in [5.74, 6) is 1.79. The first-order chi connectivity index (χ1) is 11.6. The van der Waals surface area contributed by atoms with Crippen LogP contribution in [-0.4, -0.2) is 55.6 Å². The summed E-state index contributed by atoms with van der Waals surface area (Å²) in [6, 6.07) is 6.07. The van der Waals surface area contributed by atoms with Gasteiger partial charge in [0.25, 0.3) is 0 Å². The summed E-state index contributed by atoms with van der Waals surface area (Å²) in [6.07, 6.45) is 2.35. The number of carbonyl (C=O) groups excluding carboxylic acids is 1. The van der Waals surface area contributed by atoms with Crippen LogP contribution in [0.4, 0.5) is 0 Å². The van der Waals surface area contributed by atoms with Crippen LogP contribution >= 0.6 is 0 Å². The monoisotopic (exact) mass is 335 g/mol. The molecule has 0 bridgehead atoms. The first kappa shape index (κ1) is 17.0. The zero-order valence-corrected chi connectivity index (χ0v) is 14.1. The second-order valence-electron chi connectivity index (χ2n) is 6.83. The Labute approximate surface area is 142 Å². The fourth-order valence-corrected chi connectivity index (χ4v) is 3.43. The molecule has 2 aliphatic heterocycles. The highest BCUT2D eigenvalue weighted by atomic mass is 16.7. The van der Waals surface area contributed by atoms with Crippen molar-refractivity contribution in [2.24, 2.45) is 5.41 Å². The quantitative estimate of drug-likeness (QED) is 0.767. The molecule has 1 fully saturated rings. The number of amides is 1. The molecule has 0 radical (unpaired) electrons. The number of aliphatic hydroxyl groups excluding tert-OH is 1. The van der Waals surface area contributed by atoms with Gasteiger partial charge in [0.15, 0.2) is 11.5 Å². The van der Waals surface area contributed by atoms with Gasteiger partial charge in [-0.15, -0.1) is 0 Å². The molecular formula is C18H25NO5. The average molecular weight is 335 g/mol. The van der Waals surface area contributed by atoms with Gasteiger partial charge in [0.2, 0.25) is 12.7 Å². The number of benzene rings is 1. The van der Waals surface area contributed by atoms with Crippen molar-refractivity contribution in [2.45, 2.75) is 26.2 Å². The molecule has 0 aromatic heterocycles. The SMILES string of the molecule is C[C@]1(Cc2ccc3c(c2)OCO3)CCC(=O)N(CCOCCO)C1. The van der Waals surface area contributed by atoms with Gasteiger partial charge in [-0.2, -0.15) is 0 Å². The molecule has 0 spiro atoms. The summed E-state index contributed by atoms with van der Waals surface area (Å²) < 4.78 is 16.1. The lowest BCUT2D eigenvalue weighted by Crippen LogP contribution is -2.47. The van der Waals surface area contributed by atoms with Gasteiger partial charge in [0.1, 0.15) is 0 Å². The van der Waals surface area contributed by atoms with Crippen molar-refractivity contribution in [1.82, 2.24) is 4.90 Å². The zero-order chi connectivity index (χ0) is 17.0. The van der Waals surface area contributed by atoms with Crippen LogP contribution in [0.5, 0.6) is 11.5 Å². The molecule has 1 saturated heterocycles. The minimum atomic E-state index is 0.00970. The van der Waals surface area contributed by atoms with Crippen LogP contribution in [0.15, 0.2) is 18.2 Å². The maximum Gasteiger partial charge on any atom is 0.231 e. The molecule has 1 N–H and O–H groups in total. The number of carbonyl (C=O) groups is 1. The van der Waals surface area contributed by atoms with Crippen LogP contribution in [0.1, 0.15) is 25.3 Å². The third-order valence-electron chi connectivity index (χ3n) is 4.68. The molecule has 0 unspecified atom stereocenters. The number of ether oxygens (including phenoxy) is 3. The van der Waals surface area contributed by atoms with Crippen LogP contribution in [0.3, 0.4) is 0 Å². The van der Waals surface area contributed by atoms with E-state index in [9.17, 15) is 4.79 Å². The Hall–Kier alpha value is -1.79. The largest absolute Gasteiger partial charge is 0.454 e. The van der Waals surface area contributed by atoms with E-state index in [0.717, 1.165) is 30.9 Å². The van der Waals surface area contributed by atoms with Gasteiger partial charge in [-0.25, -0.2) is 0 Å². The number of rotatable bonds is 7. The van der Waals surface area contributed by atoms with Crippen molar-refractivity contribution in [2.75, 3.05) is 39.7 Å². The molecule has 0 aliphatic carbocycles. The number of piperidine rings is 1. The Kier molecular flexibility index (Phi) is 5.26. The summed E-state index contributed by atoms with van der Waals surface area (Å²) in [7, 11) is 0. The molecule has 1 atom stereocenters. The van der Waals surface area contributed by atoms with Crippen LogP contribution in [0, 0.1) is 5.41 Å². The minimum absolute atomic E-state index is 0.00970. The Bertz CT molecular complexity index is 591. The maximum atomic E-state index is 12.1. The van der Waals surface area contributed by atoms with Gasteiger partial charge in [-0.3, -0.25) is 4.79 Å². The van der Waals surface area contributed by atoms with Crippen LogP contribution in [-0.2, 0) is 16.0 Å². The van der Waals surface area contributed by atoms with Gasteiger partial charge in [0.05, 0.1) is 19.8 Å². The lowest BCUT2D eigenvalue weighted by atomic mass is 9.76. The molecule has 2 aliphatic rings. The number of hydrogen-bond donors (Lipinski definition) is 1. The van der Waals surface area contributed by atoms with Crippen molar-refractivity contribution >= 4 is 5.91 Å². The van der Waals surface area contributed by atoms with Gasteiger partial charge >= 0.3 is 0 Å². The summed E-state index contributed by atoms with van der Waals surface area (Å²) in [6.45, 7) is 4.61. The normalized spacial score (nSPS) is 22.9. The topological polar surface area (TPSA) is 68.2 Å². The molecule has 3 rings (SSSR count). The fraction of sp³-hybridized carbons (Fsp3) is 0.611. The van der Waals surface area contributed by atoms with E-state index in [1.165, 1.54) is 5.56 Å². The molecule has 132 valence electrons. The maximum absolute atomic E-state index is 12.1.